The second kappa shape index (κ2) is 9.94. The molecule has 0 unspecified atom stereocenters. The number of rotatable bonds is 4. The molecule has 0 atom stereocenters. The lowest BCUT2D eigenvalue weighted by Gasteiger charge is -2.11. The first-order valence-corrected chi connectivity index (χ1v) is 8.48. The van der Waals surface area contributed by atoms with Crippen LogP contribution in [0.15, 0.2) is 91.0 Å². The van der Waals surface area contributed by atoms with Crippen LogP contribution in [0.4, 0.5) is 0 Å². The van der Waals surface area contributed by atoms with Gasteiger partial charge in [-0.1, -0.05) is 78.1 Å². The molecule has 27 heavy (non-hydrogen) atoms. The minimum Gasteiger partial charge on any atom is -0.526 e. The van der Waals surface area contributed by atoms with Gasteiger partial charge in [-0.15, -0.1) is 0 Å². The van der Waals surface area contributed by atoms with E-state index in [1.165, 1.54) is 0 Å². The Morgan fingerprint density at radius 1 is 0.630 bits per heavy atom. The van der Waals surface area contributed by atoms with Crippen LogP contribution in [0.5, 0.6) is 5.75 Å². The molecule has 0 aliphatic carbocycles. The maximum Gasteiger partial charge on any atom is 0.607 e. The van der Waals surface area contributed by atoms with Crippen molar-refractivity contribution in [1.82, 2.24) is 0 Å². The fourth-order valence-electron chi connectivity index (χ4n) is 2.20. The summed E-state index contributed by atoms with van der Waals surface area (Å²) in [4.78, 5) is 0. The van der Waals surface area contributed by atoms with Gasteiger partial charge >= 0.3 is 14.2 Å². The van der Waals surface area contributed by atoms with E-state index in [0.29, 0.717) is 5.75 Å². The third-order valence-electron chi connectivity index (χ3n) is 3.46. The molecule has 0 heterocycles. The standard InChI is InChI=1S/C22H16B2O3/c25-23(18-16-20-10-4-1-5-11-20)27-24(26-22-14-8-3-9-15-22)19-17-21-12-6-2-7-13-21/h1-15,25H. The minimum absolute atomic E-state index is 0.591. The van der Waals surface area contributed by atoms with Gasteiger partial charge < -0.3 is 14.3 Å². The van der Waals surface area contributed by atoms with Crippen molar-refractivity contribution in [3.8, 4) is 29.2 Å². The smallest absolute Gasteiger partial charge is 0.526 e. The monoisotopic (exact) mass is 350 g/mol. The highest BCUT2D eigenvalue weighted by Gasteiger charge is 2.25. The molecular weight excluding hydrogens is 334 g/mol. The average Bonchev–Trinajstić information content (AvgIpc) is 2.73. The molecule has 0 saturated carbocycles. The van der Waals surface area contributed by atoms with E-state index in [-0.39, 0.29) is 0 Å². The van der Waals surface area contributed by atoms with Gasteiger partial charge in [0.1, 0.15) is 5.75 Å². The molecule has 0 bridgehead atoms. The molecule has 0 aromatic heterocycles. The summed E-state index contributed by atoms with van der Waals surface area (Å²) in [6, 6.07) is 28.0. The van der Waals surface area contributed by atoms with Crippen molar-refractivity contribution in [2.24, 2.45) is 0 Å². The van der Waals surface area contributed by atoms with Crippen molar-refractivity contribution in [1.29, 1.82) is 0 Å². The Hall–Kier alpha value is -3.37. The molecule has 3 aromatic rings. The van der Waals surface area contributed by atoms with E-state index in [2.05, 4.69) is 23.5 Å². The molecule has 128 valence electrons. The summed E-state index contributed by atoms with van der Waals surface area (Å²) in [6.07, 6.45) is 0. The zero-order chi connectivity index (χ0) is 18.7. The van der Waals surface area contributed by atoms with Crippen molar-refractivity contribution in [2.75, 3.05) is 0 Å². The molecule has 3 aromatic carbocycles. The highest BCUT2D eigenvalue weighted by Crippen LogP contribution is 2.10. The molecule has 1 N–H and O–H groups in total. The molecule has 3 rings (SSSR count). The average molecular weight is 350 g/mol. The van der Waals surface area contributed by atoms with Crippen LogP contribution in [-0.2, 0) is 4.57 Å². The summed E-state index contributed by atoms with van der Waals surface area (Å²) in [6.45, 7) is 0. The molecule has 0 aliphatic heterocycles. The lowest BCUT2D eigenvalue weighted by molar-refractivity contribution is 0.386. The van der Waals surface area contributed by atoms with E-state index in [4.69, 9.17) is 9.23 Å². The summed E-state index contributed by atoms with van der Waals surface area (Å²) in [5.41, 5.74) is 1.61. The SMILES string of the molecule is OB(C#Cc1ccccc1)OB(C#Cc1ccccc1)Oc1ccccc1. The van der Waals surface area contributed by atoms with Gasteiger partial charge in [0.05, 0.1) is 0 Å². The van der Waals surface area contributed by atoms with Gasteiger partial charge in [0.2, 0.25) is 0 Å². The Kier molecular flexibility index (Phi) is 6.78. The van der Waals surface area contributed by atoms with Gasteiger partial charge in [-0.2, -0.15) is 0 Å². The quantitative estimate of drug-likeness (QED) is 0.580. The molecule has 5 heteroatoms. The molecule has 0 fully saturated rings. The van der Waals surface area contributed by atoms with Gasteiger partial charge in [-0.25, -0.2) is 0 Å². The fraction of sp³-hybridized carbons (Fsp3) is 0. The molecule has 0 spiro atoms. The summed E-state index contributed by atoms with van der Waals surface area (Å²) in [5, 5.41) is 10.1. The highest BCUT2D eigenvalue weighted by molar-refractivity contribution is 6.68. The van der Waals surface area contributed by atoms with E-state index in [0.717, 1.165) is 11.1 Å². The predicted octanol–water partition coefficient (Wildman–Crippen LogP) is 3.23. The first-order chi connectivity index (χ1) is 13.3. The van der Waals surface area contributed by atoms with E-state index in [1.807, 2.05) is 78.9 Å². The summed E-state index contributed by atoms with van der Waals surface area (Å²) < 4.78 is 11.2. The topological polar surface area (TPSA) is 38.7 Å². The van der Waals surface area contributed by atoms with Gasteiger partial charge in [-0.05, 0) is 36.4 Å². The van der Waals surface area contributed by atoms with Crippen LogP contribution in [0.2, 0.25) is 0 Å². The van der Waals surface area contributed by atoms with E-state index >= 15 is 0 Å². The van der Waals surface area contributed by atoms with Crippen LogP contribution < -0.4 is 4.65 Å². The Morgan fingerprint density at radius 3 is 1.67 bits per heavy atom. The third kappa shape index (κ3) is 6.45. The van der Waals surface area contributed by atoms with Crippen LogP contribution >= 0.6 is 0 Å². The Morgan fingerprint density at radius 2 is 1.11 bits per heavy atom. The van der Waals surface area contributed by atoms with Gasteiger partial charge in [0, 0.05) is 11.1 Å². The van der Waals surface area contributed by atoms with Crippen LogP contribution in [0.3, 0.4) is 0 Å². The number of hydrogen-bond donors (Lipinski definition) is 1. The second-order valence-electron chi connectivity index (χ2n) is 5.52. The van der Waals surface area contributed by atoms with Crippen molar-refractivity contribution < 1.29 is 14.3 Å². The van der Waals surface area contributed by atoms with E-state index in [1.54, 1.807) is 12.1 Å². The summed E-state index contributed by atoms with van der Waals surface area (Å²) in [7, 11) is -2.29. The predicted molar refractivity (Wildman–Crippen MR) is 109 cm³/mol. The van der Waals surface area contributed by atoms with Crippen LogP contribution in [0.1, 0.15) is 11.1 Å². The number of benzene rings is 3. The zero-order valence-corrected chi connectivity index (χ0v) is 14.6. The van der Waals surface area contributed by atoms with Crippen LogP contribution in [-0.4, -0.2) is 19.3 Å². The number of hydrogen-bond acceptors (Lipinski definition) is 3. The second-order valence-corrected chi connectivity index (χ2v) is 5.52. The van der Waals surface area contributed by atoms with E-state index < -0.39 is 14.2 Å². The molecule has 3 nitrogen and oxygen atoms in total. The molecular formula is C22H16B2O3. The van der Waals surface area contributed by atoms with Gasteiger partial charge in [-0.3, -0.25) is 0 Å². The molecule has 0 aliphatic rings. The molecule has 0 amide bonds. The summed E-state index contributed by atoms with van der Waals surface area (Å²) >= 11 is 0. The Balaban J connectivity index is 1.73. The highest BCUT2D eigenvalue weighted by atomic mass is 16.6. The maximum atomic E-state index is 10.1. The van der Waals surface area contributed by atoms with Crippen LogP contribution in [0.25, 0.3) is 0 Å². The lowest BCUT2D eigenvalue weighted by atomic mass is 9.81. The largest absolute Gasteiger partial charge is 0.607 e. The summed E-state index contributed by atoms with van der Waals surface area (Å²) in [5.74, 6) is 12.0. The normalized spacial score (nSPS) is 9.22. The molecule has 0 saturated heterocycles. The van der Waals surface area contributed by atoms with Crippen molar-refractivity contribution >= 4 is 14.2 Å². The van der Waals surface area contributed by atoms with Crippen molar-refractivity contribution in [3.63, 3.8) is 0 Å². The van der Waals surface area contributed by atoms with E-state index in [9.17, 15) is 5.02 Å². The number of para-hydroxylation sites is 1. The first-order valence-electron chi connectivity index (χ1n) is 8.48. The van der Waals surface area contributed by atoms with Crippen molar-refractivity contribution in [3.05, 3.63) is 102 Å². The minimum atomic E-state index is -1.33. The first kappa shape index (κ1) is 18.4. The third-order valence-corrected chi connectivity index (χ3v) is 3.46. The molecule has 0 radical (unpaired) electrons. The lowest BCUT2D eigenvalue weighted by Crippen LogP contribution is -2.33. The van der Waals surface area contributed by atoms with Crippen LogP contribution in [0, 0.1) is 23.5 Å². The Bertz CT molecular complexity index is 956. The van der Waals surface area contributed by atoms with Gasteiger partial charge in [0.25, 0.3) is 0 Å². The fourth-order valence-corrected chi connectivity index (χ4v) is 2.20. The van der Waals surface area contributed by atoms with Crippen molar-refractivity contribution in [2.45, 2.75) is 0 Å². The zero-order valence-electron chi connectivity index (χ0n) is 14.6. The Labute approximate surface area is 160 Å². The van der Waals surface area contributed by atoms with Gasteiger partial charge in [0.15, 0.2) is 0 Å². The maximum absolute atomic E-state index is 10.1.